The summed E-state index contributed by atoms with van der Waals surface area (Å²) in [4.78, 5) is 33.1. The number of nitrogens with zero attached hydrogens (tertiary/aromatic N) is 2. The maximum absolute atomic E-state index is 12.5. The summed E-state index contributed by atoms with van der Waals surface area (Å²) >= 11 is 0. The van der Waals surface area contributed by atoms with E-state index < -0.39 is 0 Å². The Bertz CT molecular complexity index is 1040. The Morgan fingerprint density at radius 3 is 2.61 bits per heavy atom. The summed E-state index contributed by atoms with van der Waals surface area (Å²) in [6.45, 7) is 1.31. The van der Waals surface area contributed by atoms with Crippen molar-refractivity contribution >= 4 is 11.7 Å². The number of benzene rings is 1. The number of carbonyl (C=O) groups is 2. The molecule has 0 radical (unpaired) electrons. The Morgan fingerprint density at radius 1 is 1.03 bits per heavy atom. The van der Waals surface area contributed by atoms with Crippen molar-refractivity contribution in [3.8, 4) is 11.5 Å². The summed E-state index contributed by atoms with van der Waals surface area (Å²) in [6, 6.07) is 10.4. The second-order valence-electron chi connectivity index (χ2n) is 8.28. The lowest BCUT2D eigenvalue weighted by molar-refractivity contribution is 0.0265. The quantitative estimate of drug-likeness (QED) is 0.353. The SMILES string of the molecule is O=C(c1ccc(-c2nc(C(=O)NCCCCOC3CCCCC3)co2)cc1)c1cccnc1. The molecule has 3 aromatic rings. The molecule has 1 fully saturated rings. The first-order valence-electron chi connectivity index (χ1n) is 11.6. The third-order valence-electron chi connectivity index (χ3n) is 5.82. The molecule has 0 saturated heterocycles. The highest BCUT2D eigenvalue weighted by Crippen LogP contribution is 2.21. The average molecular weight is 448 g/mol. The first-order chi connectivity index (χ1) is 16.2. The van der Waals surface area contributed by atoms with E-state index in [-0.39, 0.29) is 17.4 Å². The monoisotopic (exact) mass is 447 g/mol. The molecule has 1 aromatic carbocycles. The van der Waals surface area contributed by atoms with Crippen molar-refractivity contribution in [1.82, 2.24) is 15.3 Å². The minimum Gasteiger partial charge on any atom is -0.444 e. The van der Waals surface area contributed by atoms with Crippen molar-refractivity contribution in [3.05, 3.63) is 71.9 Å². The maximum atomic E-state index is 12.5. The van der Waals surface area contributed by atoms with Gasteiger partial charge in [0, 0.05) is 42.2 Å². The minimum absolute atomic E-state index is 0.105. The summed E-state index contributed by atoms with van der Waals surface area (Å²) in [6.07, 6.45) is 12.9. The van der Waals surface area contributed by atoms with E-state index >= 15 is 0 Å². The average Bonchev–Trinajstić information content (AvgIpc) is 3.37. The van der Waals surface area contributed by atoms with Gasteiger partial charge in [-0.05, 0) is 49.9 Å². The second-order valence-corrected chi connectivity index (χ2v) is 8.28. The van der Waals surface area contributed by atoms with E-state index in [1.165, 1.54) is 38.4 Å². The standard InChI is InChI=1S/C26H29N3O4/c30-24(21-7-6-14-27-17-21)19-10-12-20(13-11-19)26-29-23(18-33-26)25(31)28-15-4-5-16-32-22-8-2-1-3-9-22/h6-7,10-14,17-18,22H,1-5,8-9,15-16H2,(H,28,31). The van der Waals surface area contributed by atoms with E-state index in [0.29, 0.717) is 35.2 Å². The van der Waals surface area contributed by atoms with Gasteiger partial charge in [-0.25, -0.2) is 4.98 Å². The molecule has 0 unspecified atom stereocenters. The van der Waals surface area contributed by atoms with Crippen LogP contribution in [0.5, 0.6) is 0 Å². The molecule has 172 valence electrons. The van der Waals surface area contributed by atoms with Gasteiger partial charge >= 0.3 is 0 Å². The van der Waals surface area contributed by atoms with Gasteiger partial charge in [0.1, 0.15) is 6.26 Å². The van der Waals surface area contributed by atoms with Crippen LogP contribution < -0.4 is 5.32 Å². The van der Waals surface area contributed by atoms with Crippen LogP contribution in [-0.4, -0.2) is 40.9 Å². The van der Waals surface area contributed by atoms with E-state index in [1.807, 2.05) is 0 Å². The maximum Gasteiger partial charge on any atom is 0.273 e. The van der Waals surface area contributed by atoms with E-state index in [4.69, 9.17) is 9.15 Å². The fourth-order valence-corrected chi connectivity index (χ4v) is 3.94. The van der Waals surface area contributed by atoms with Gasteiger partial charge in [-0.1, -0.05) is 31.4 Å². The Balaban J connectivity index is 1.22. The van der Waals surface area contributed by atoms with Crippen LogP contribution in [0.2, 0.25) is 0 Å². The number of amides is 1. The summed E-state index contributed by atoms with van der Waals surface area (Å²) in [7, 11) is 0. The van der Waals surface area contributed by atoms with E-state index in [0.717, 1.165) is 19.4 Å². The molecule has 2 aromatic heterocycles. The van der Waals surface area contributed by atoms with Crippen LogP contribution in [0.4, 0.5) is 0 Å². The number of carbonyl (C=O) groups excluding carboxylic acids is 2. The molecular formula is C26H29N3O4. The van der Waals surface area contributed by atoms with Crippen molar-refractivity contribution < 1.29 is 18.7 Å². The van der Waals surface area contributed by atoms with Gasteiger partial charge < -0.3 is 14.5 Å². The summed E-state index contributed by atoms with van der Waals surface area (Å²) in [5.74, 6) is -0.0331. The third kappa shape index (κ3) is 6.35. The molecule has 1 saturated carbocycles. The molecule has 7 heteroatoms. The van der Waals surface area contributed by atoms with Gasteiger partial charge in [-0.2, -0.15) is 0 Å². The van der Waals surface area contributed by atoms with Gasteiger partial charge in [0.25, 0.3) is 5.91 Å². The van der Waals surface area contributed by atoms with Crippen LogP contribution in [-0.2, 0) is 4.74 Å². The van der Waals surface area contributed by atoms with Gasteiger partial charge in [0.05, 0.1) is 6.10 Å². The molecule has 1 aliphatic carbocycles. The van der Waals surface area contributed by atoms with Gasteiger partial charge in [-0.15, -0.1) is 0 Å². The number of unbranched alkanes of at least 4 members (excludes halogenated alkanes) is 1. The van der Waals surface area contributed by atoms with Crippen LogP contribution >= 0.6 is 0 Å². The Kier molecular flexibility index (Phi) is 7.98. The smallest absolute Gasteiger partial charge is 0.273 e. The Hall–Kier alpha value is -3.32. The number of ketones is 1. The van der Waals surface area contributed by atoms with E-state index in [1.54, 1.807) is 48.8 Å². The highest BCUT2D eigenvalue weighted by atomic mass is 16.5. The lowest BCUT2D eigenvalue weighted by atomic mass is 9.98. The minimum atomic E-state index is -0.262. The van der Waals surface area contributed by atoms with Crippen LogP contribution in [0, 0.1) is 0 Å². The predicted molar refractivity (Wildman–Crippen MR) is 124 cm³/mol. The molecule has 0 aliphatic heterocycles. The third-order valence-corrected chi connectivity index (χ3v) is 5.82. The topological polar surface area (TPSA) is 94.3 Å². The first-order valence-corrected chi connectivity index (χ1v) is 11.6. The lowest BCUT2D eigenvalue weighted by Crippen LogP contribution is -2.25. The molecule has 1 N–H and O–H groups in total. The number of hydrogen-bond donors (Lipinski definition) is 1. The van der Waals surface area contributed by atoms with Gasteiger partial charge in [-0.3, -0.25) is 14.6 Å². The molecule has 33 heavy (non-hydrogen) atoms. The molecule has 4 rings (SSSR count). The van der Waals surface area contributed by atoms with Crippen molar-refractivity contribution in [2.45, 2.75) is 51.0 Å². The number of pyridine rings is 1. The zero-order valence-corrected chi connectivity index (χ0v) is 18.7. The zero-order valence-electron chi connectivity index (χ0n) is 18.7. The largest absolute Gasteiger partial charge is 0.444 e. The van der Waals surface area contributed by atoms with E-state index in [2.05, 4.69) is 15.3 Å². The fourth-order valence-electron chi connectivity index (χ4n) is 3.94. The van der Waals surface area contributed by atoms with Crippen molar-refractivity contribution in [2.75, 3.05) is 13.2 Å². The van der Waals surface area contributed by atoms with Crippen molar-refractivity contribution in [3.63, 3.8) is 0 Å². The van der Waals surface area contributed by atoms with Gasteiger partial charge in [0.2, 0.25) is 5.89 Å². The molecule has 0 spiro atoms. The van der Waals surface area contributed by atoms with Crippen molar-refractivity contribution in [2.24, 2.45) is 0 Å². The number of hydrogen-bond acceptors (Lipinski definition) is 6. The summed E-state index contributed by atoms with van der Waals surface area (Å²) in [5, 5.41) is 2.88. The number of aromatic nitrogens is 2. The van der Waals surface area contributed by atoms with Gasteiger partial charge in [0.15, 0.2) is 11.5 Å². The van der Waals surface area contributed by atoms with E-state index in [9.17, 15) is 9.59 Å². The van der Waals surface area contributed by atoms with Crippen LogP contribution in [0.1, 0.15) is 71.4 Å². The van der Waals surface area contributed by atoms with Crippen LogP contribution in [0.3, 0.4) is 0 Å². The van der Waals surface area contributed by atoms with Crippen LogP contribution in [0.15, 0.2) is 59.5 Å². The number of oxazole rings is 1. The molecular weight excluding hydrogens is 418 g/mol. The Labute approximate surface area is 193 Å². The van der Waals surface area contributed by atoms with Crippen molar-refractivity contribution in [1.29, 1.82) is 0 Å². The zero-order chi connectivity index (χ0) is 22.9. The predicted octanol–water partition coefficient (Wildman–Crippen LogP) is 4.83. The fraction of sp³-hybridized carbons (Fsp3) is 0.385. The number of rotatable bonds is 10. The number of ether oxygens (including phenoxy) is 1. The molecule has 2 heterocycles. The summed E-state index contributed by atoms with van der Waals surface area (Å²) < 4.78 is 11.4. The van der Waals surface area contributed by atoms with Crippen LogP contribution in [0.25, 0.3) is 11.5 Å². The molecule has 0 atom stereocenters. The first kappa shape index (κ1) is 22.9. The second kappa shape index (κ2) is 11.5. The Morgan fingerprint density at radius 2 is 1.85 bits per heavy atom. The molecule has 1 amide bonds. The molecule has 1 aliphatic rings. The normalized spacial score (nSPS) is 14.2. The highest BCUT2D eigenvalue weighted by molar-refractivity contribution is 6.08. The molecule has 7 nitrogen and oxygen atoms in total. The molecule has 0 bridgehead atoms. The number of nitrogens with one attached hydrogen (secondary N) is 1. The lowest BCUT2D eigenvalue weighted by Gasteiger charge is -2.21. The highest BCUT2D eigenvalue weighted by Gasteiger charge is 2.15. The summed E-state index contributed by atoms with van der Waals surface area (Å²) in [5.41, 5.74) is 2.00.